The Bertz CT molecular complexity index is 677. The number of piperidine rings is 1. The van der Waals surface area contributed by atoms with Gasteiger partial charge in [0.05, 0.1) is 13.2 Å². The van der Waals surface area contributed by atoms with Gasteiger partial charge in [0.25, 0.3) is 0 Å². The Morgan fingerprint density at radius 3 is 2.46 bits per heavy atom. The molecule has 0 spiro atoms. The highest BCUT2D eigenvalue weighted by Crippen LogP contribution is 2.18. The number of hydrogen-bond donors (Lipinski definition) is 1. The summed E-state index contributed by atoms with van der Waals surface area (Å²) in [5, 5.41) is 3.22. The number of rotatable bonds is 7. The second-order valence-corrected chi connectivity index (χ2v) is 7.03. The van der Waals surface area contributed by atoms with Gasteiger partial charge in [0.15, 0.2) is 0 Å². The quantitative estimate of drug-likeness (QED) is 0.819. The number of nitrogens with one attached hydrogen (secondary N) is 1. The zero-order valence-electron chi connectivity index (χ0n) is 15.5. The molecule has 1 saturated heterocycles. The van der Waals surface area contributed by atoms with Crippen molar-refractivity contribution in [2.75, 3.05) is 31.6 Å². The molecule has 138 valence electrons. The van der Waals surface area contributed by atoms with Crippen LogP contribution in [0.25, 0.3) is 0 Å². The van der Waals surface area contributed by atoms with Crippen LogP contribution >= 0.6 is 0 Å². The number of amides is 1. The van der Waals surface area contributed by atoms with Gasteiger partial charge in [-0.15, -0.1) is 0 Å². The molecule has 0 saturated carbocycles. The van der Waals surface area contributed by atoms with Crippen molar-refractivity contribution in [2.45, 2.75) is 26.2 Å². The summed E-state index contributed by atoms with van der Waals surface area (Å²) in [6.07, 6.45) is 3.12. The Morgan fingerprint density at radius 2 is 1.77 bits per heavy atom. The van der Waals surface area contributed by atoms with Crippen LogP contribution in [-0.2, 0) is 11.2 Å². The maximum absolute atomic E-state index is 12.3. The standard InChI is InChI=1S/C22H28N2O2/c1-18-11-14-24(15-12-18)22(25)17-23-20-7-9-21(10-8-20)26-16-13-19-5-3-2-4-6-19/h2-10,18,23H,11-17H2,1H3. The van der Waals surface area contributed by atoms with Gasteiger partial charge in [-0.25, -0.2) is 0 Å². The highest BCUT2D eigenvalue weighted by molar-refractivity contribution is 5.81. The molecule has 3 rings (SSSR count). The molecule has 26 heavy (non-hydrogen) atoms. The molecule has 4 heteroatoms. The molecule has 1 fully saturated rings. The molecule has 0 atom stereocenters. The van der Waals surface area contributed by atoms with Crippen LogP contribution in [0.5, 0.6) is 5.75 Å². The van der Waals surface area contributed by atoms with E-state index in [1.807, 2.05) is 47.4 Å². The van der Waals surface area contributed by atoms with Gasteiger partial charge in [-0.2, -0.15) is 0 Å². The second-order valence-electron chi connectivity index (χ2n) is 7.03. The number of nitrogens with zero attached hydrogens (tertiary/aromatic N) is 1. The number of ether oxygens (including phenoxy) is 1. The molecule has 0 bridgehead atoms. The van der Waals surface area contributed by atoms with Crippen molar-refractivity contribution in [3.63, 3.8) is 0 Å². The number of hydrogen-bond acceptors (Lipinski definition) is 3. The first kappa shape index (κ1) is 18.3. The molecule has 2 aromatic carbocycles. The monoisotopic (exact) mass is 352 g/mol. The van der Waals surface area contributed by atoms with Crippen molar-refractivity contribution in [1.82, 2.24) is 4.90 Å². The van der Waals surface area contributed by atoms with Gasteiger partial charge in [0, 0.05) is 25.2 Å². The summed E-state index contributed by atoms with van der Waals surface area (Å²) >= 11 is 0. The summed E-state index contributed by atoms with van der Waals surface area (Å²) < 4.78 is 5.79. The van der Waals surface area contributed by atoms with Crippen LogP contribution in [0.3, 0.4) is 0 Å². The molecule has 4 nitrogen and oxygen atoms in total. The van der Waals surface area contributed by atoms with Crippen molar-refractivity contribution < 1.29 is 9.53 Å². The van der Waals surface area contributed by atoms with Crippen molar-refractivity contribution in [2.24, 2.45) is 5.92 Å². The minimum absolute atomic E-state index is 0.181. The first-order chi connectivity index (χ1) is 12.7. The molecule has 0 radical (unpaired) electrons. The van der Waals surface area contributed by atoms with E-state index in [2.05, 4.69) is 24.4 Å². The lowest BCUT2D eigenvalue weighted by molar-refractivity contribution is -0.130. The highest BCUT2D eigenvalue weighted by atomic mass is 16.5. The van der Waals surface area contributed by atoms with E-state index in [1.165, 1.54) is 5.56 Å². The van der Waals surface area contributed by atoms with Crippen molar-refractivity contribution in [3.05, 3.63) is 60.2 Å². The summed E-state index contributed by atoms with van der Waals surface area (Å²) in [4.78, 5) is 14.2. The summed E-state index contributed by atoms with van der Waals surface area (Å²) in [6, 6.07) is 18.1. The fourth-order valence-corrected chi connectivity index (χ4v) is 3.15. The lowest BCUT2D eigenvalue weighted by Crippen LogP contribution is -2.40. The zero-order valence-corrected chi connectivity index (χ0v) is 15.5. The zero-order chi connectivity index (χ0) is 18.2. The minimum Gasteiger partial charge on any atom is -0.493 e. The number of anilines is 1. The first-order valence-electron chi connectivity index (χ1n) is 9.49. The van der Waals surface area contributed by atoms with Crippen LogP contribution in [0.15, 0.2) is 54.6 Å². The average Bonchev–Trinajstić information content (AvgIpc) is 2.68. The molecule has 1 heterocycles. The molecule has 1 N–H and O–H groups in total. The van der Waals surface area contributed by atoms with Crippen LogP contribution in [0.2, 0.25) is 0 Å². The number of benzene rings is 2. The van der Waals surface area contributed by atoms with Gasteiger partial charge in [-0.1, -0.05) is 37.3 Å². The third-order valence-corrected chi connectivity index (χ3v) is 4.94. The fraction of sp³-hybridized carbons (Fsp3) is 0.409. The van der Waals surface area contributed by atoms with Gasteiger partial charge in [-0.05, 0) is 48.6 Å². The van der Waals surface area contributed by atoms with E-state index < -0.39 is 0 Å². The molecule has 0 unspecified atom stereocenters. The number of carbonyl (C=O) groups excluding carboxylic acids is 1. The normalized spacial score (nSPS) is 14.9. The largest absolute Gasteiger partial charge is 0.493 e. The summed E-state index contributed by atoms with van der Waals surface area (Å²) in [5.74, 6) is 1.77. The summed E-state index contributed by atoms with van der Waals surface area (Å²) in [7, 11) is 0. The predicted octanol–water partition coefficient (Wildman–Crippen LogP) is 3.98. The SMILES string of the molecule is CC1CCN(C(=O)CNc2ccc(OCCc3ccccc3)cc2)CC1. The molecule has 0 aromatic heterocycles. The van der Waals surface area contributed by atoms with E-state index in [9.17, 15) is 4.79 Å². The number of likely N-dealkylation sites (tertiary alicyclic amines) is 1. The lowest BCUT2D eigenvalue weighted by Gasteiger charge is -2.30. The average molecular weight is 352 g/mol. The third-order valence-electron chi connectivity index (χ3n) is 4.94. The Kier molecular flexibility index (Phi) is 6.53. The Labute approximate surface area is 156 Å². The summed E-state index contributed by atoms with van der Waals surface area (Å²) in [6.45, 7) is 5.03. The van der Waals surface area contributed by atoms with E-state index in [4.69, 9.17) is 4.74 Å². The maximum Gasteiger partial charge on any atom is 0.241 e. The predicted molar refractivity (Wildman–Crippen MR) is 106 cm³/mol. The van der Waals surface area contributed by atoms with E-state index in [0.29, 0.717) is 13.2 Å². The van der Waals surface area contributed by atoms with Crippen LogP contribution < -0.4 is 10.1 Å². The Balaban J connectivity index is 1.39. The molecule has 1 amide bonds. The maximum atomic E-state index is 12.3. The van der Waals surface area contributed by atoms with E-state index >= 15 is 0 Å². The van der Waals surface area contributed by atoms with Crippen molar-refractivity contribution in [1.29, 1.82) is 0 Å². The van der Waals surface area contributed by atoms with Gasteiger partial charge < -0.3 is 15.0 Å². The molecule has 1 aliphatic rings. The molecule has 1 aliphatic heterocycles. The van der Waals surface area contributed by atoms with E-state index in [-0.39, 0.29) is 5.91 Å². The molecule has 0 aliphatic carbocycles. The topological polar surface area (TPSA) is 41.6 Å². The summed E-state index contributed by atoms with van der Waals surface area (Å²) in [5.41, 5.74) is 2.22. The third kappa shape index (κ3) is 5.51. The van der Waals surface area contributed by atoms with E-state index in [0.717, 1.165) is 49.7 Å². The van der Waals surface area contributed by atoms with Gasteiger partial charge in [-0.3, -0.25) is 4.79 Å². The van der Waals surface area contributed by atoms with Crippen LogP contribution in [0, 0.1) is 5.92 Å². The highest BCUT2D eigenvalue weighted by Gasteiger charge is 2.19. The fourth-order valence-electron chi connectivity index (χ4n) is 3.15. The smallest absolute Gasteiger partial charge is 0.241 e. The molecular weight excluding hydrogens is 324 g/mol. The van der Waals surface area contributed by atoms with Crippen molar-refractivity contribution >= 4 is 11.6 Å². The lowest BCUT2D eigenvalue weighted by atomic mass is 9.99. The molecule has 2 aromatic rings. The minimum atomic E-state index is 0.181. The van der Waals surface area contributed by atoms with Gasteiger partial charge >= 0.3 is 0 Å². The van der Waals surface area contributed by atoms with Crippen LogP contribution in [-0.4, -0.2) is 37.0 Å². The first-order valence-corrected chi connectivity index (χ1v) is 9.49. The van der Waals surface area contributed by atoms with Gasteiger partial charge in [0.1, 0.15) is 5.75 Å². The Hall–Kier alpha value is -2.49. The van der Waals surface area contributed by atoms with Crippen LogP contribution in [0.1, 0.15) is 25.3 Å². The Morgan fingerprint density at radius 1 is 1.08 bits per heavy atom. The number of carbonyl (C=O) groups is 1. The van der Waals surface area contributed by atoms with E-state index in [1.54, 1.807) is 0 Å². The second kappa shape index (κ2) is 9.27. The van der Waals surface area contributed by atoms with Gasteiger partial charge in [0.2, 0.25) is 5.91 Å². The molecular formula is C22H28N2O2. The van der Waals surface area contributed by atoms with Crippen LogP contribution in [0.4, 0.5) is 5.69 Å². The van der Waals surface area contributed by atoms with Crippen molar-refractivity contribution in [3.8, 4) is 5.75 Å².